The van der Waals surface area contributed by atoms with Crippen LogP contribution in [-0.4, -0.2) is 33.7 Å². The Kier molecular flexibility index (Phi) is 6.75. The van der Waals surface area contributed by atoms with Crippen molar-refractivity contribution in [2.24, 2.45) is 5.41 Å². The number of carbonyl (C=O) groups is 2. The Morgan fingerprint density at radius 3 is 2.57 bits per heavy atom. The number of nitrogens with one attached hydrogen (secondary N) is 2. The zero-order valence-corrected chi connectivity index (χ0v) is 20.7. The number of methoxy groups -OCH3 is 1. The summed E-state index contributed by atoms with van der Waals surface area (Å²) in [7, 11) is 1.56. The second kappa shape index (κ2) is 9.76. The van der Waals surface area contributed by atoms with Crippen molar-refractivity contribution in [2.45, 2.75) is 27.3 Å². The molecule has 0 saturated heterocycles. The summed E-state index contributed by atoms with van der Waals surface area (Å²) in [6.45, 7) is 5.83. The standard InChI is InChI=1S/C26H26ClN5O3/c1-26(2,3)25(34)29-13-16-8-10-20(27)18(12-16)24(33)31-21-6-5-7-22-19(21)15-30-32(22)17-9-11-23(35-4)28-14-17/h5-12,14-15H,13H2,1-4H3,(H,29,34)(H,31,33). The molecule has 0 fully saturated rings. The molecule has 8 nitrogen and oxygen atoms in total. The molecule has 0 unspecified atom stereocenters. The first-order valence-electron chi connectivity index (χ1n) is 11.0. The van der Waals surface area contributed by atoms with Gasteiger partial charge in [-0.15, -0.1) is 0 Å². The summed E-state index contributed by atoms with van der Waals surface area (Å²) in [5.41, 5.74) is 2.75. The molecule has 0 saturated carbocycles. The summed E-state index contributed by atoms with van der Waals surface area (Å²) in [6.07, 6.45) is 3.36. The Labute approximate surface area is 208 Å². The number of hydrogen-bond acceptors (Lipinski definition) is 5. The van der Waals surface area contributed by atoms with E-state index in [9.17, 15) is 9.59 Å². The minimum absolute atomic E-state index is 0.0748. The molecule has 4 rings (SSSR count). The lowest BCUT2D eigenvalue weighted by Crippen LogP contribution is -2.34. The van der Waals surface area contributed by atoms with E-state index in [0.29, 0.717) is 28.7 Å². The average Bonchev–Trinajstić information content (AvgIpc) is 3.28. The number of carbonyl (C=O) groups excluding carboxylic acids is 2. The molecule has 2 aromatic heterocycles. The Morgan fingerprint density at radius 1 is 1.09 bits per heavy atom. The molecule has 0 radical (unpaired) electrons. The highest BCUT2D eigenvalue weighted by Crippen LogP contribution is 2.27. The molecule has 0 aliphatic carbocycles. The smallest absolute Gasteiger partial charge is 0.257 e. The summed E-state index contributed by atoms with van der Waals surface area (Å²) in [6, 6.07) is 14.3. The van der Waals surface area contributed by atoms with Crippen LogP contribution >= 0.6 is 11.6 Å². The van der Waals surface area contributed by atoms with Gasteiger partial charge < -0.3 is 15.4 Å². The average molecular weight is 492 g/mol. The molecule has 0 aliphatic rings. The molecule has 2 amide bonds. The lowest BCUT2D eigenvalue weighted by atomic mass is 9.95. The van der Waals surface area contributed by atoms with Crippen LogP contribution in [0.25, 0.3) is 16.6 Å². The normalized spacial score (nSPS) is 11.3. The first-order chi connectivity index (χ1) is 16.7. The third kappa shape index (κ3) is 5.27. The van der Waals surface area contributed by atoms with Gasteiger partial charge in [0.05, 0.1) is 47.0 Å². The van der Waals surface area contributed by atoms with E-state index in [-0.39, 0.29) is 11.8 Å². The monoisotopic (exact) mass is 491 g/mol. The maximum absolute atomic E-state index is 13.1. The van der Waals surface area contributed by atoms with E-state index >= 15 is 0 Å². The first kappa shape index (κ1) is 24.2. The van der Waals surface area contributed by atoms with Crippen LogP contribution in [0.2, 0.25) is 5.02 Å². The summed E-state index contributed by atoms with van der Waals surface area (Å²) < 4.78 is 6.86. The van der Waals surface area contributed by atoms with Crippen molar-refractivity contribution in [1.82, 2.24) is 20.1 Å². The number of halogens is 1. The van der Waals surface area contributed by atoms with Crippen molar-refractivity contribution >= 4 is 40.0 Å². The molecule has 180 valence electrons. The lowest BCUT2D eigenvalue weighted by Gasteiger charge is -2.18. The van der Waals surface area contributed by atoms with Crippen LogP contribution in [-0.2, 0) is 11.3 Å². The van der Waals surface area contributed by atoms with E-state index in [4.69, 9.17) is 16.3 Å². The van der Waals surface area contributed by atoms with Crippen molar-refractivity contribution in [3.05, 3.63) is 77.1 Å². The van der Waals surface area contributed by atoms with Gasteiger partial charge in [0.25, 0.3) is 5.91 Å². The van der Waals surface area contributed by atoms with Gasteiger partial charge >= 0.3 is 0 Å². The molecular formula is C26H26ClN5O3. The summed E-state index contributed by atoms with van der Waals surface area (Å²) in [5, 5.41) is 11.4. The van der Waals surface area contributed by atoms with Crippen molar-refractivity contribution in [2.75, 3.05) is 12.4 Å². The van der Waals surface area contributed by atoms with E-state index in [1.807, 2.05) is 39.0 Å². The molecule has 2 heterocycles. The summed E-state index contributed by atoms with van der Waals surface area (Å²) in [5.74, 6) is 0.0785. The minimum Gasteiger partial charge on any atom is -0.481 e. The number of nitrogens with zero attached hydrogens (tertiary/aromatic N) is 3. The highest BCUT2D eigenvalue weighted by atomic mass is 35.5. The summed E-state index contributed by atoms with van der Waals surface area (Å²) >= 11 is 6.34. The Morgan fingerprint density at radius 2 is 1.89 bits per heavy atom. The highest BCUT2D eigenvalue weighted by Gasteiger charge is 2.21. The molecule has 0 spiro atoms. The Balaban J connectivity index is 1.57. The lowest BCUT2D eigenvalue weighted by molar-refractivity contribution is -0.128. The third-order valence-electron chi connectivity index (χ3n) is 5.45. The van der Waals surface area contributed by atoms with Crippen molar-refractivity contribution in [1.29, 1.82) is 0 Å². The number of hydrogen-bond donors (Lipinski definition) is 2. The van der Waals surface area contributed by atoms with E-state index in [2.05, 4.69) is 20.7 Å². The predicted octanol–water partition coefficient (Wildman–Crippen LogP) is 5.00. The quantitative estimate of drug-likeness (QED) is 0.395. The van der Waals surface area contributed by atoms with Gasteiger partial charge in [0.15, 0.2) is 0 Å². The van der Waals surface area contributed by atoms with Gasteiger partial charge in [-0.1, -0.05) is 44.5 Å². The number of pyridine rings is 1. The SMILES string of the molecule is COc1ccc(-n2ncc3c(NC(=O)c4cc(CNC(=O)C(C)(C)C)ccc4Cl)cccc32)cn1. The molecule has 4 aromatic rings. The number of anilines is 1. The van der Waals surface area contributed by atoms with E-state index < -0.39 is 5.41 Å². The van der Waals surface area contributed by atoms with E-state index in [1.165, 1.54) is 0 Å². The first-order valence-corrected chi connectivity index (χ1v) is 11.4. The number of fused-ring (bicyclic) bond motifs is 1. The molecule has 9 heteroatoms. The van der Waals surface area contributed by atoms with Gasteiger partial charge in [-0.3, -0.25) is 9.59 Å². The highest BCUT2D eigenvalue weighted by molar-refractivity contribution is 6.34. The van der Waals surface area contributed by atoms with Crippen molar-refractivity contribution in [3.63, 3.8) is 0 Å². The van der Waals surface area contributed by atoms with E-state index in [1.54, 1.807) is 54.5 Å². The van der Waals surface area contributed by atoms with Crippen LogP contribution in [0.1, 0.15) is 36.7 Å². The topological polar surface area (TPSA) is 98.1 Å². The zero-order valence-electron chi connectivity index (χ0n) is 19.9. The molecule has 2 aromatic carbocycles. The molecule has 0 bridgehead atoms. The maximum Gasteiger partial charge on any atom is 0.257 e. The third-order valence-corrected chi connectivity index (χ3v) is 5.78. The number of benzene rings is 2. The summed E-state index contributed by atoms with van der Waals surface area (Å²) in [4.78, 5) is 29.6. The van der Waals surface area contributed by atoms with E-state index in [0.717, 1.165) is 22.2 Å². The number of amides is 2. The largest absolute Gasteiger partial charge is 0.481 e. The van der Waals surface area contributed by atoms with Crippen LogP contribution in [0.5, 0.6) is 5.88 Å². The van der Waals surface area contributed by atoms with Crippen LogP contribution in [0, 0.1) is 5.41 Å². The number of ether oxygens (including phenoxy) is 1. The fourth-order valence-electron chi connectivity index (χ4n) is 3.48. The van der Waals surface area contributed by atoms with Gasteiger partial charge in [0.2, 0.25) is 11.8 Å². The van der Waals surface area contributed by atoms with Crippen LogP contribution in [0.4, 0.5) is 5.69 Å². The predicted molar refractivity (Wildman–Crippen MR) is 136 cm³/mol. The maximum atomic E-state index is 13.1. The number of aromatic nitrogens is 3. The fourth-order valence-corrected chi connectivity index (χ4v) is 3.68. The molecule has 0 aliphatic heterocycles. The van der Waals surface area contributed by atoms with Crippen molar-refractivity contribution < 1.29 is 14.3 Å². The van der Waals surface area contributed by atoms with Crippen LogP contribution < -0.4 is 15.4 Å². The van der Waals surface area contributed by atoms with Crippen LogP contribution in [0.15, 0.2) is 60.9 Å². The number of rotatable bonds is 6. The second-order valence-electron chi connectivity index (χ2n) is 9.05. The van der Waals surface area contributed by atoms with Gasteiger partial charge in [0, 0.05) is 23.4 Å². The fraction of sp³-hybridized carbons (Fsp3) is 0.231. The van der Waals surface area contributed by atoms with Gasteiger partial charge in [-0.25, -0.2) is 9.67 Å². The molecule has 2 N–H and O–H groups in total. The molecular weight excluding hydrogens is 466 g/mol. The minimum atomic E-state index is -0.502. The zero-order chi connectivity index (χ0) is 25.2. The van der Waals surface area contributed by atoms with Gasteiger partial charge in [-0.05, 0) is 35.9 Å². The molecule has 0 atom stereocenters. The Hall–Kier alpha value is -3.91. The van der Waals surface area contributed by atoms with Crippen LogP contribution in [0.3, 0.4) is 0 Å². The van der Waals surface area contributed by atoms with Gasteiger partial charge in [-0.2, -0.15) is 5.10 Å². The molecule has 35 heavy (non-hydrogen) atoms. The van der Waals surface area contributed by atoms with Gasteiger partial charge in [0.1, 0.15) is 0 Å². The second-order valence-corrected chi connectivity index (χ2v) is 9.46. The van der Waals surface area contributed by atoms with Crippen molar-refractivity contribution in [3.8, 4) is 11.6 Å². The Bertz CT molecular complexity index is 1390.